The van der Waals surface area contributed by atoms with Crippen LogP contribution in [0.5, 0.6) is 46.0 Å². The summed E-state index contributed by atoms with van der Waals surface area (Å²) in [6.07, 6.45) is -9.41. The lowest BCUT2D eigenvalue weighted by atomic mass is 10.00. The van der Waals surface area contributed by atoms with E-state index in [9.17, 15) is 2.74 Å². The second-order valence-corrected chi connectivity index (χ2v) is 30.3. The van der Waals surface area contributed by atoms with Crippen LogP contribution >= 0.6 is 0 Å². The van der Waals surface area contributed by atoms with Crippen LogP contribution in [0.3, 0.4) is 0 Å². The first-order valence-corrected chi connectivity index (χ1v) is 41.7. The topological polar surface area (TPSA) is 124 Å². The number of ether oxygens (including phenoxy) is 12. The molecule has 640 valence electrons. The van der Waals surface area contributed by atoms with Gasteiger partial charge in [-0.1, -0.05) is 266 Å². The zero-order valence-corrected chi connectivity index (χ0v) is 68.2. The number of benzene rings is 12. The van der Waals surface area contributed by atoms with Gasteiger partial charge in [-0.25, -0.2) is 0 Å². The number of rotatable bonds is 28. The lowest BCUT2D eigenvalue weighted by molar-refractivity contribution is -0.0331. The Morgan fingerprint density at radius 1 is 0.290 bits per heavy atom. The molecule has 0 aromatic heterocycles. The molecule has 0 N–H and O–H groups in total. The van der Waals surface area contributed by atoms with Crippen molar-refractivity contribution in [2.24, 2.45) is 0 Å². The average molecular weight is 1700 g/mol. The summed E-state index contributed by atoms with van der Waals surface area (Å²) in [7, 11) is 0. The van der Waals surface area contributed by atoms with E-state index in [2.05, 4.69) is 4.90 Å². The van der Waals surface area contributed by atoms with Crippen LogP contribution in [-0.4, -0.2) is 150 Å². The van der Waals surface area contributed by atoms with Gasteiger partial charge in [-0.3, -0.25) is 0 Å². The van der Waals surface area contributed by atoms with Gasteiger partial charge in [0.2, 0.25) is 27.1 Å². The zero-order chi connectivity index (χ0) is 114. The molecule has 12 aromatic rings. The molecule has 0 aliphatic carbocycles. The van der Waals surface area contributed by atoms with Crippen LogP contribution < -0.4 is 37.9 Å². The molecular weight excluding hydrogens is 1550 g/mol. The molecule has 0 saturated carbocycles. The van der Waals surface area contributed by atoms with E-state index in [0.29, 0.717) is 91.6 Å². The van der Waals surface area contributed by atoms with Crippen molar-refractivity contribution in [3.63, 3.8) is 0 Å². The van der Waals surface area contributed by atoms with Crippen molar-refractivity contribution in [1.29, 1.82) is 0 Å². The maximum atomic E-state index is 9.35. The Morgan fingerprint density at radius 2 is 0.532 bits per heavy atom. The Labute approximate surface area is 779 Å². The van der Waals surface area contributed by atoms with Crippen molar-refractivity contribution in [3.8, 4) is 46.0 Å². The van der Waals surface area contributed by atoms with Crippen LogP contribution in [0.1, 0.15) is 189 Å². The van der Waals surface area contributed by atoms with Crippen LogP contribution in [0, 0.1) is 0 Å². The highest BCUT2D eigenvalue weighted by atomic mass is 16.7. The highest BCUT2D eigenvalue weighted by Gasteiger charge is 2.32. The van der Waals surface area contributed by atoms with Crippen LogP contribution in [0.15, 0.2) is 315 Å². The highest BCUT2D eigenvalue weighted by Crippen LogP contribution is 2.40. The number of hydrogen-bond acceptors (Lipinski definition) is 16. The molecule has 0 amide bonds. The van der Waals surface area contributed by atoms with Gasteiger partial charge in [0.1, 0.15) is 29.9 Å². The summed E-state index contributed by atoms with van der Waals surface area (Å²) < 4.78 is 352. The Balaban J connectivity index is 0.000000143. The van der Waals surface area contributed by atoms with Crippen LogP contribution in [0.25, 0.3) is 0 Å². The first kappa shape index (κ1) is 53.1. The fourth-order valence-electron chi connectivity index (χ4n) is 15.5. The molecule has 0 spiro atoms. The number of nitrogens with zero attached hydrogens (tertiary/aromatic N) is 4. The number of likely N-dealkylation sites (tertiary alicyclic amines) is 4. The summed E-state index contributed by atoms with van der Waals surface area (Å²) in [6.45, 7) is -0.175. The summed E-state index contributed by atoms with van der Waals surface area (Å²) in [5.41, 5.74) is 3.26. The minimum Gasteiger partial charge on any atom is -0.454 e. The first-order valence-electron chi connectivity index (χ1n) is 58.7. The van der Waals surface area contributed by atoms with Crippen molar-refractivity contribution in [1.82, 2.24) is 19.6 Å². The standard InChI is InChI=1S/4C27H29NO3/c4*1-3-8-22(9-4-1)27(23-10-5-2-6-11-23)31-24-12-7-16-28(19-24)17-15-21-13-14-25-26(18-21)30-20-29-25/h4*1-6,8-11,13-14,18,24,27H,7,12,15-17,19-20H2/t4*24-/m1111/s1/i1D,2D,3D,4D,5D,6D,8D,9D,10D,11D,15D2,20D2;1D,2D,3D,4D,5D,6D,8D,9D,10D,11D,15D2;15D2,20D2,27D;15D2,27D. The molecule has 8 aliphatic rings. The Hall–Kier alpha value is -11.3. The van der Waals surface area contributed by atoms with E-state index in [4.69, 9.17) is 101 Å². The molecular formula is C108H116N4O12. The van der Waals surface area contributed by atoms with Gasteiger partial charge in [0.05, 0.1) is 54.6 Å². The van der Waals surface area contributed by atoms with Gasteiger partial charge in [0, 0.05) is 63.3 Å². The number of hydrogen-bond donors (Lipinski definition) is 0. The van der Waals surface area contributed by atoms with Gasteiger partial charge in [0.15, 0.2) is 46.0 Å². The summed E-state index contributed by atoms with van der Waals surface area (Å²) in [5.74, 6) is 2.92. The summed E-state index contributed by atoms with van der Waals surface area (Å²) in [5, 5.41) is 0. The first-order chi connectivity index (χ1) is 74.7. The van der Waals surface area contributed by atoms with Crippen molar-refractivity contribution in [2.75, 3.05) is 106 Å². The third-order valence-electron chi connectivity index (χ3n) is 21.6. The Kier molecular flexibility index (Phi) is 18.8. The summed E-state index contributed by atoms with van der Waals surface area (Å²) >= 11 is 0. The second kappa shape index (κ2) is 43.9. The minimum atomic E-state index is -2.36. The monoisotopic (exact) mass is 1700 g/mol. The molecule has 8 aliphatic heterocycles. The largest absolute Gasteiger partial charge is 0.454 e. The second-order valence-electron chi connectivity index (χ2n) is 30.3. The van der Waals surface area contributed by atoms with E-state index in [1.165, 1.54) is 24.3 Å². The van der Waals surface area contributed by atoms with Crippen LogP contribution in [0.2, 0.25) is 0 Å². The summed E-state index contributed by atoms with van der Waals surface area (Å²) in [4.78, 5) is 7.77. The predicted molar refractivity (Wildman–Crippen MR) is 486 cm³/mol. The molecule has 0 bridgehead atoms. The van der Waals surface area contributed by atoms with E-state index in [-0.39, 0.29) is 116 Å². The lowest BCUT2D eigenvalue weighted by Gasteiger charge is -2.35. The zero-order valence-electron chi connectivity index (χ0n) is 102. The van der Waals surface area contributed by atoms with Gasteiger partial charge in [-0.15, -0.1) is 0 Å². The molecule has 124 heavy (non-hydrogen) atoms. The lowest BCUT2D eigenvalue weighted by Crippen LogP contribution is -2.41. The smallest absolute Gasteiger partial charge is 0.231 e. The van der Waals surface area contributed by atoms with E-state index >= 15 is 0 Å². The maximum absolute atomic E-state index is 9.35. The normalized spacial score (nSPS) is 23.8. The van der Waals surface area contributed by atoms with Gasteiger partial charge in [-0.2, -0.15) is 0 Å². The van der Waals surface area contributed by atoms with Crippen molar-refractivity contribution in [2.45, 2.75) is 126 Å². The minimum absolute atomic E-state index is 0.0134. The van der Waals surface area contributed by atoms with Crippen molar-refractivity contribution >= 4 is 0 Å². The third kappa shape index (κ3) is 23.8. The SMILES string of the molecule is [2H]C([2H])(CN1CCC[C@@H](OC([2H])(c2ccccc2)c2ccccc2)C1)c1ccc2c(c1)OCO2.[2H]C1([2H])Oc2ccc(C([2H])([2H])CN3CCC[C@@H](OC([2H])(c4ccccc4)c4ccccc4)C3)cc2O1.[2H]c1c([2H])c([2H])c(C(O[C@@H]2CCCN(CC([2H])([2H])c3ccc4c(c3)OC([2H])([2H])O4)C2)c2c([2H])c([2H])c([2H])c([2H])c2[2H])c([2H])c1[2H].[2H]c1c([2H])c([2H])c(C(O[C@@H]2CCCN(CC([2H])([2H])c3ccc4c(c3)OCO4)C2)c2c([2H])c([2H])c([2H])c([2H])c2[2H])c([2H])c1[2H]. The molecule has 20 rings (SSSR count). The van der Waals surface area contributed by atoms with Crippen molar-refractivity contribution in [3.05, 3.63) is 382 Å². The fourth-order valence-corrected chi connectivity index (χ4v) is 15.5. The Bertz CT molecular complexity index is 6900. The van der Waals surface area contributed by atoms with Gasteiger partial charge >= 0.3 is 0 Å². The molecule has 4 atom stereocenters. The fraction of sp³-hybridized carbons (Fsp3) is 0.333. The molecule has 0 radical (unpaired) electrons. The molecule has 4 fully saturated rings. The van der Waals surface area contributed by atoms with Crippen molar-refractivity contribution < 1.29 is 103 Å². The van der Waals surface area contributed by atoms with E-state index in [0.717, 1.165) is 61.0 Å². The Morgan fingerprint density at radius 3 is 0.815 bits per heavy atom. The number of fused-ring (bicyclic) bond motifs is 4. The predicted octanol–water partition coefficient (Wildman–Crippen LogP) is 20.9. The third-order valence-corrected chi connectivity index (χ3v) is 21.6. The van der Waals surface area contributed by atoms with Gasteiger partial charge in [0.25, 0.3) is 0 Å². The molecule has 12 aromatic carbocycles. The van der Waals surface area contributed by atoms with Crippen LogP contribution in [0.4, 0.5) is 0 Å². The molecule has 4 saturated heterocycles. The molecule has 0 unspecified atom stereocenters. The molecule has 16 heteroatoms. The number of piperidine rings is 4. The van der Waals surface area contributed by atoms with Gasteiger partial charge in [-0.05, 0) is 218 Å². The molecule has 8 heterocycles. The maximum Gasteiger partial charge on any atom is 0.231 e. The quantitative estimate of drug-likeness (QED) is 0.0462. The van der Waals surface area contributed by atoms with E-state index < -0.39 is 196 Å². The molecule has 16 nitrogen and oxygen atoms in total. The van der Waals surface area contributed by atoms with Gasteiger partial charge < -0.3 is 76.4 Å². The van der Waals surface area contributed by atoms with E-state index in [1.807, 2.05) is 131 Å². The van der Waals surface area contributed by atoms with Crippen LogP contribution in [-0.2, 0) is 44.4 Å². The average Bonchev–Trinajstić information content (AvgIpc) is 0.982. The summed E-state index contributed by atoms with van der Waals surface area (Å²) in [6, 6.07) is 44.8. The highest BCUT2D eigenvalue weighted by molar-refractivity contribution is 5.48. The van der Waals surface area contributed by atoms with E-state index in [1.54, 1.807) is 53.4 Å².